The van der Waals surface area contributed by atoms with Crippen LogP contribution in [0.5, 0.6) is 0 Å². The molecule has 0 saturated heterocycles. The molecule has 1 atom stereocenters. The minimum absolute atomic E-state index is 0.0195. The highest BCUT2D eigenvalue weighted by molar-refractivity contribution is 6.30. The van der Waals surface area contributed by atoms with Crippen molar-refractivity contribution < 1.29 is 4.79 Å². The van der Waals surface area contributed by atoms with Crippen molar-refractivity contribution in [2.45, 2.75) is 25.3 Å². The summed E-state index contributed by atoms with van der Waals surface area (Å²) in [4.78, 5) is 16.6. The number of pyridine rings is 1. The van der Waals surface area contributed by atoms with Gasteiger partial charge in [0.25, 0.3) is 0 Å². The second-order valence-electron chi connectivity index (χ2n) is 5.91. The summed E-state index contributed by atoms with van der Waals surface area (Å²) >= 11 is 5.97. The van der Waals surface area contributed by atoms with Crippen LogP contribution in [0.15, 0.2) is 55.0 Å². The number of nitrogens with one attached hydrogen (secondary N) is 1. The van der Waals surface area contributed by atoms with Gasteiger partial charge < -0.3 is 5.32 Å². The van der Waals surface area contributed by atoms with E-state index < -0.39 is 0 Å². The molecule has 1 N–H and O–H groups in total. The Bertz CT molecular complexity index is 807. The number of aromatic nitrogens is 5. The zero-order chi connectivity index (χ0) is 18.2. The van der Waals surface area contributed by atoms with Gasteiger partial charge in [-0.1, -0.05) is 29.8 Å². The quantitative estimate of drug-likeness (QED) is 0.657. The normalized spacial score (nSPS) is 11.9. The van der Waals surface area contributed by atoms with Gasteiger partial charge in [-0.05, 0) is 40.3 Å². The van der Waals surface area contributed by atoms with Crippen LogP contribution in [0.3, 0.4) is 0 Å². The third-order valence-electron chi connectivity index (χ3n) is 4.00. The maximum absolute atomic E-state index is 12.4. The number of rotatable bonds is 8. The molecule has 0 saturated carbocycles. The second-order valence-corrected chi connectivity index (χ2v) is 6.34. The molecule has 3 aromatic rings. The summed E-state index contributed by atoms with van der Waals surface area (Å²) in [6.45, 7) is 1.07. The standard InChI is InChI=1S/C18H19ClN6O/c19-16-6-4-14(5-7-16)15(12-25-13-22-23-24-25)11-18(26)21-10-8-17-3-1-2-9-20-17/h1-7,9,13,15H,8,10-12H2,(H,21,26)/t15-/m1/s1. The van der Waals surface area contributed by atoms with Gasteiger partial charge in [-0.2, -0.15) is 0 Å². The van der Waals surface area contributed by atoms with E-state index in [1.54, 1.807) is 17.2 Å². The summed E-state index contributed by atoms with van der Waals surface area (Å²) in [6, 6.07) is 13.3. The molecule has 0 spiro atoms. The molecule has 0 fully saturated rings. The number of halogens is 1. The molecular weight excluding hydrogens is 352 g/mol. The van der Waals surface area contributed by atoms with E-state index in [9.17, 15) is 4.79 Å². The molecule has 0 aliphatic rings. The minimum atomic E-state index is -0.0504. The molecule has 0 aliphatic heterocycles. The first-order chi connectivity index (χ1) is 12.7. The van der Waals surface area contributed by atoms with E-state index in [-0.39, 0.29) is 11.8 Å². The Kier molecular flexibility index (Phi) is 6.27. The van der Waals surface area contributed by atoms with Crippen LogP contribution < -0.4 is 5.32 Å². The molecule has 2 heterocycles. The lowest BCUT2D eigenvalue weighted by atomic mass is 9.95. The molecule has 26 heavy (non-hydrogen) atoms. The summed E-state index contributed by atoms with van der Waals surface area (Å²) in [5, 5.41) is 14.8. The molecule has 2 aromatic heterocycles. The number of carbonyl (C=O) groups is 1. The van der Waals surface area contributed by atoms with Crippen molar-refractivity contribution in [2.24, 2.45) is 0 Å². The Labute approximate surface area is 156 Å². The highest BCUT2D eigenvalue weighted by atomic mass is 35.5. The zero-order valence-electron chi connectivity index (χ0n) is 14.1. The maximum atomic E-state index is 12.4. The number of carbonyl (C=O) groups excluding carboxylic acids is 1. The molecule has 3 rings (SSSR count). The van der Waals surface area contributed by atoms with Crippen molar-refractivity contribution >= 4 is 17.5 Å². The van der Waals surface area contributed by atoms with E-state index in [1.165, 1.54) is 0 Å². The summed E-state index contributed by atoms with van der Waals surface area (Å²) in [7, 11) is 0. The second kappa shape index (κ2) is 9.05. The Morgan fingerprint density at radius 1 is 1.19 bits per heavy atom. The third kappa shape index (κ3) is 5.35. The lowest BCUT2D eigenvalue weighted by Gasteiger charge is -2.17. The molecule has 134 valence electrons. The molecule has 1 aromatic carbocycles. The van der Waals surface area contributed by atoms with E-state index in [2.05, 4.69) is 25.8 Å². The van der Waals surface area contributed by atoms with Crippen molar-refractivity contribution in [3.05, 3.63) is 71.3 Å². The van der Waals surface area contributed by atoms with Crippen LogP contribution in [-0.2, 0) is 17.8 Å². The minimum Gasteiger partial charge on any atom is -0.356 e. The number of nitrogens with zero attached hydrogens (tertiary/aromatic N) is 5. The Hall–Kier alpha value is -2.80. The molecule has 0 unspecified atom stereocenters. The van der Waals surface area contributed by atoms with Crippen molar-refractivity contribution in [3.63, 3.8) is 0 Å². The molecule has 1 amide bonds. The van der Waals surface area contributed by atoms with Crippen LogP contribution in [0.1, 0.15) is 23.6 Å². The lowest BCUT2D eigenvalue weighted by molar-refractivity contribution is -0.121. The lowest BCUT2D eigenvalue weighted by Crippen LogP contribution is -2.28. The third-order valence-corrected chi connectivity index (χ3v) is 4.25. The average molecular weight is 371 g/mol. The predicted octanol–water partition coefficient (Wildman–Crippen LogP) is 2.25. The molecule has 8 heteroatoms. The van der Waals surface area contributed by atoms with E-state index in [0.717, 1.165) is 11.3 Å². The Morgan fingerprint density at radius 2 is 2.04 bits per heavy atom. The van der Waals surface area contributed by atoms with Gasteiger partial charge in [-0.15, -0.1) is 5.10 Å². The molecule has 0 bridgehead atoms. The van der Waals surface area contributed by atoms with Crippen LogP contribution in [0.25, 0.3) is 0 Å². The van der Waals surface area contributed by atoms with Crippen LogP contribution >= 0.6 is 11.6 Å². The average Bonchev–Trinajstić information content (AvgIpc) is 3.16. The van der Waals surface area contributed by atoms with Crippen LogP contribution in [0.2, 0.25) is 5.02 Å². The fourth-order valence-corrected chi connectivity index (χ4v) is 2.81. The van der Waals surface area contributed by atoms with Crippen molar-refractivity contribution in [3.8, 4) is 0 Å². The summed E-state index contributed by atoms with van der Waals surface area (Å²) in [5.41, 5.74) is 1.97. The smallest absolute Gasteiger partial charge is 0.220 e. The van der Waals surface area contributed by atoms with Gasteiger partial charge in [0.05, 0.1) is 6.54 Å². The van der Waals surface area contributed by atoms with E-state index in [1.807, 2.05) is 42.5 Å². The summed E-state index contributed by atoms with van der Waals surface area (Å²) < 4.78 is 1.63. The first kappa shape index (κ1) is 18.0. The van der Waals surface area contributed by atoms with E-state index >= 15 is 0 Å². The first-order valence-electron chi connectivity index (χ1n) is 8.33. The summed E-state index contributed by atoms with van der Waals surface area (Å²) in [6.07, 6.45) is 4.33. The molecular formula is C18H19ClN6O. The van der Waals surface area contributed by atoms with E-state index in [4.69, 9.17) is 11.6 Å². The van der Waals surface area contributed by atoms with Gasteiger partial charge in [0.1, 0.15) is 6.33 Å². The van der Waals surface area contributed by atoms with Gasteiger partial charge in [0.2, 0.25) is 5.91 Å². The molecule has 0 aliphatic carbocycles. The van der Waals surface area contributed by atoms with Gasteiger partial charge in [0.15, 0.2) is 0 Å². The van der Waals surface area contributed by atoms with Crippen LogP contribution in [0.4, 0.5) is 0 Å². The monoisotopic (exact) mass is 370 g/mol. The van der Waals surface area contributed by atoms with Gasteiger partial charge in [-0.3, -0.25) is 9.78 Å². The van der Waals surface area contributed by atoms with E-state index in [0.29, 0.717) is 31.0 Å². The highest BCUT2D eigenvalue weighted by Crippen LogP contribution is 2.23. The number of benzene rings is 1. The number of amides is 1. The number of hydrogen-bond acceptors (Lipinski definition) is 5. The fraction of sp³-hybridized carbons (Fsp3) is 0.278. The number of tetrazole rings is 1. The zero-order valence-corrected chi connectivity index (χ0v) is 14.9. The SMILES string of the molecule is O=C(C[C@H](Cn1cnnn1)c1ccc(Cl)cc1)NCCc1ccccn1. The highest BCUT2D eigenvalue weighted by Gasteiger charge is 2.17. The largest absolute Gasteiger partial charge is 0.356 e. The van der Waals surface area contributed by atoms with Gasteiger partial charge in [-0.25, -0.2) is 4.68 Å². The maximum Gasteiger partial charge on any atom is 0.220 e. The van der Waals surface area contributed by atoms with Crippen molar-refractivity contribution in [1.29, 1.82) is 0 Å². The topological polar surface area (TPSA) is 85.6 Å². The number of hydrogen-bond donors (Lipinski definition) is 1. The van der Waals surface area contributed by atoms with Crippen LogP contribution in [-0.4, -0.2) is 37.6 Å². The Balaban J connectivity index is 1.59. The predicted molar refractivity (Wildman–Crippen MR) is 97.6 cm³/mol. The van der Waals surface area contributed by atoms with Crippen molar-refractivity contribution in [2.75, 3.05) is 6.54 Å². The molecule has 7 nitrogen and oxygen atoms in total. The summed E-state index contributed by atoms with van der Waals surface area (Å²) in [5.74, 6) is -0.0698. The first-order valence-corrected chi connectivity index (χ1v) is 8.71. The van der Waals surface area contributed by atoms with Gasteiger partial charge >= 0.3 is 0 Å². The van der Waals surface area contributed by atoms with Crippen molar-refractivity contribution in [1.82, 2.24) is 30.5 Å². The fourth-order valence-electron chi connectivity index (χ4n) is 2.68. The van der Waals surface area contributed by atoms with Crippen LogP contribution in [0, 0.1) is 0 Å². The molecule has 0 radical (unpaired) electrons. The Morgan fingerprint density at radius 3 is 2.73 bits per heavy atom. The van der Waals surface area contributed by atoms with Gasteiger partial charge in [0, 0.05) is 42.2 Å².